The van der Waals surface area contributed by atoms with Crippen molar-refractivity contribution in [1.82, 2.24) is 4.90 Å². The van der Waals surface area contributed by atoms with Crippen molar-refractivity contribution in [3.8, 4) is 0 Å². The van der Waals surface area contributed by atoms with Crippen molar-refractivity contribution in [2.75, 3.05) is 16.8 Å². The molecule has 1 aliphatic rings. The van der Waals surface area contributed by atoms with E-state index in [1.807, 2.05) is 68.4 Å². The minimum absolute atomic E-state index is 0.00164. The Morgan fingerprint density at radius 3 is 2.38 bits per heavy atom. The molecule has 172 valence electrons. The zero-order valence-corrected chi connectivity index (χ0v) is 19.7. The van der Waals surface area contributed by atoms with Crippen molar-refractivity contribution in [2.45, 2.75) is 20.4 Å². The number of aryl methyl sites for hydroxylation is 1. The maximum absolute atomic E-state index is 13.2. The van der Waals surface area contributed by atoms with Gasteiger partial charge in [0.25, 0.3) is 17.7 Å². The summed E-state index contributed by atoms with van der Waals surface area (Å²) in [5.74, 6) is -1.23. The van der Waals surface area contributed by atoms with Crippen molar-refractivity contribution in [2.24, 2.45) is 0 Å². The van der Waals surface area contributed by atoms with Gasteiger partial charge in [0.05, 0.1) is 6.54 Å². The third kappa shape index (κ3) is 4.72. The normalized spacial score (nSPS) is 13.4. The van der Waals surface area contributed by atoms with Crippen LogP contribution in [0.3, 0.4) is 0 Å². The van der Waals surface area contributed by atoms with E-state index in [0.29, 0.717) is 17.8 Å². The second kappa shape index (κ2) is 9.93. The summed E-state index contributed by atoms with van der Waals surface area (Å²) < 4.78 is 0. The maximum Gasteiger partial charge on any atom is 0.279 e. The van der Waals surface area contributed by atoms with Gasteiger partial charge in [-0.3, -0.25) is 19.3 Å². The lowest BCUT2D eigenvalue weighted by Crippen LogP contribution is -2.32. The highest BCUT2D eigenvalue weighted by molar-refractivity contribution is 6.48. The fraction of sp³-hybridized carbons (Fsp3) is 0.148. The molecule has 3 aromatic carbocycles. The number of benzene rings is 3. The zero-order chi connectivity index (χ0) is 24.2. The third-order valence-electron chi connectivity index (χ3n) is 5.55. The van der Waals surface area contributed by atoms with Gasteiger partial charge >= 0.3 is 0 Å². The molecular formula is C27H24ClN3O3. The molecule has 3 amide bonds. The van der Waals surface area contributed by atoms with E-state index in [2.05, 4.69) is 5.32 Å². The molecule has 0 atom stereocenters. The second-order valence-corrected chi connectivity index (χ2v) is 8.34. The Balaban J connectivity index is 1.54. The fourth-order valence-electron chi connectivity index (χ4n) is 3.83. The average molecular weight is 474 g/mol. The van der Waals surface area contributed by atoms with E-state index in [1.54, 1.807) is 29.2 Å². The number of imide groups is 1. The van der Waals surface area contributed by atoms with Crippen LogP contribution in [0.15, 0.2) is 89.6 Å². The van der Waals surface area contributed by atoms with Crippen molar-refractivity contribution < 1.29 is 14.4 Å². The zero-order valence-electron chi connectivity index (χ0n) is 18.9. The molecule has 0 radical (unpaired) electrons. The molecule has 7 heteroatoms. The summed E-state index contributed by atoms with van der Waals surface area (Å²) in [5, 5.41) is 2.78. The first-order chi connectivity index (χ1) is 16.4. The first kappa shape index (κ1) is 23.3. The van der Waals surface area contributed by atoms with Crippen LogP contribution in [0.2, 0.25) is 0 Å². The van der Waals surface area contributed by atoms with E-state index in [-0.39, 0.29) is 23.2 Å². The minimum atomic E-state index is -0.554. The number of hydrogen-bond donors (Lipinski definition) is 1. The van der Waals surface area contributed by atoms with E-state index in [1.165, 1.54) is 0 Å². The summed E-state index contributed by atoms with van der Waals surface area (Å²) in [6, 6.07) is 23.8. The first-order valence-electron chi connectivity index (χ1n) is 10.9. The summed E-state index contributed by atoms with van der Waals surface area (Å²) in [6.07, 6.45) is 0. The highest BCUT2D eigenvalue weighted by Crippen LogP contribution is 2.28. The van der Waals surface area contributed by atoms with Gasteiger partial charge in [-0.05, 0) is 55.3 Å². The Morgan fingerprint density at radius 2 is 1.68 bits per heavy atom. The van der Waals surface area contributed by atoms with Crippen LogP contribution < -0.4 is 10.2 Å². The molecule has 3 aromatic rings. The predicted molar refractivity (Wildman–Crippen MR) is 133 cm³/mol. The molecule has 34 heavy (non-hydrogen) atoms. The highest BCUT2D eigenvalue weighted by atomic mass is 35.5. The van der Waals surface area contributed by atoms with Crippen LogP contribution in [-0.4, -0.2) is 29.2 Å². The lowest BCUT2D eigenvalue weighted by molar-refractivity contribution is -0.138. The van der Waals surface area contributed by atoms with Crippen LogP contribution in [0, 0.1) is 6.92 Å². The summed E-state index contributed by atoms with van der Waals surface area (Å²) in [4.78, 5) is 41.6. The number of carbonyl (C=O) groups excluding carboxylic acids is 3. The topological polar surface area (TPSA) is 69.7 Å². The smallest absolute Gasteiger partial charge is 0.279 e. The molecule has 0 saturated carbocycles. The number of amides is 3. The van der Waals surface area contributed by atoms with E-state index < -0.39 is 11.8 Å². The van der Waals surface area contributed by atoms with E-state index in [4.69, 9.17) is 11.6 Å². The van der Waals surface area contributed by atoms with Gasteiger partial charge in [-0.2, -0.15) is 0 Å². The quantitative estimate of drug-likeness (QED) is 0.485. The number of rotatable bonds is 7. The van der Waals surface area contributed by atoms with Crippen LogP contribution in [0.25, 0.3) is 0 Å². The standard InChI is InChI=1S/C27H24ClN3O3/c1-3-30(22-14-7-9-18(2)15-22)25(32)20-12-8-13-21(16-20)29-24-23(28)26(33)31(27(24)34)17-19-10-5-4-6-11-19/h4-16,29H,3,17H2,1-2H3. The Labute approximate surface area is 203 Å². The number of anilines is 2. The number of carbonyl (C=O) groups is 3. The number of hydrogen-bond acceptors (Lipinski definition) is 4. The van der Waals surface area contributed by atoms with Gasteiger partial charge in [0, 0.05) is 23.5 Å². The monoisotopic (exact) mass is 473 g/mol. The first-order valence-corrected chi connectivity index (χ1v) is 11.3. The van der Waals surface area contributed by atoms with Gasteiger partial charge in [-0.15, -0.1) is 0 Å². The van der Waals surface area contributed by atoms with Crippen LogP contribution in [0.4, 0.5) is 11.4 Å². The lowest BCUT2D eigenvalue weighted by atomic mass is 10.1. The van der Waals surface area contributed by atoms with Gasteiger partial charge < -0.3 is 10.2 Å². The van der Waals surface area contributed by atoms with Crippen molar-refractivity contribution in [1.29, 1.82) is 0 Å². The molecule has 0 unspecified atom stereocenters. The molecule has 1 N–H and O–H groups in total. The molecule has 0 fully saturated rings. The van der Waals surface area contributed by atoms with Gasteiger partial charge in [-0.1, -0.05) is 60.1 Å². The van der Waals surface area contributed by atoms with Crippen molar-refractivity contribution in [3.05, 3.63) is 106 Å². The maximum atomic E-state index is 13.2. The predicted octanol–water partition coefficient (Wildman–Crippen LogP) is 5.09. The summed E-state index contributed by atoms with van der Waals surface area (Å²) in [6.45, 7) is 4.51. The molecule has 0 spiro atoms. The Kier molecular flexibility index (Phi) is 6.80. The van der Waals surface area contributed by atoms with Crippen LogP contribution in [-0.2, 0) is 16.1 Å². The molecule has 6 nitrogen and oxygen atoms in total. The number of nitrogens with zero attached hydrogens (tertiary/aromatic N) is 2. The van der Waals surface area contributed by atoms with E-state index in [9.17, 15) is 14.4 Å². The average Bonchev–Trinajstić information content (AvgIpc) is 3.04. The van der Waals surface area contributed by atoms with E-state index >= 15 is 0 Å². The summed E-state index contributed by atoms with van der Waals surface area (Å²) in [5.41, 5.74) is 3.62. The summed E-state index contributed by atoms with van der Waals surface area (Å²) in [7, 11) is 0. The number of halogens is 1. The van der Waals surface area contributed by atoms with Gasteiger partial charge in [0.15, 0.2) is 0 Å². The van der Waals surface area contributed by atoms with Gasteiger partial charge in [-0.25, -0.2) is 0 Å². The molecular weight excluding hydrogens is 450 g/mol. The molecule has 1 heterocycles. The van der Waals surface area contributed by atoms with E-state index in [0.717, 1.165) is 21.7 Å². The molecule has 0 aliphatic carbocycles. The van der Waals surface area contributed by atoms with Crippen LogP contribution >= 0.6 is 11.6 Å². The Bertz CT molecular complexity index is 1290. The minimum Gasteiger partial charge on any atom is -0.350 e. The Hall–Kier alpha value is -3.90. The molecule has 0 saturated heterocycles. The molecule has 0 aromatic heterocycles. The SMILES string of the molecule is CCN(C(=O)c1cccc(NC2=C(Cl)C(=O)N(Cc3ccccc3)C2=O)c1)c1cccc(C)c1. The lowest BCUT2D eigenvalue weighted by Gasteiger charge is -2.22. The highest BCUT2D eigenvalue weighted by Gasteiger charge is 2.37. The van der Waals surface area contributed by atoms with Gasteiger partial charge in [0.2, 0.25) is 0 Å². The van der Waals surface area contributed by atoms with Gasteiger partial charge in [0.1, 0.15) is 10.7 Å². The van der Waals surface area contributed by atoms with Crippen molar-refractivity contribution in [3.63, 3.8) is 0 Å². The molecule has 1 aliphatic heterocycles. The van der Waals surface area contributed by atoms with Crippen LogP contribution in [0.1, 0.15) is 28.4 Å². The number of nitrogens with one attached hydrogen (secondary N) is 1. The molecule has 0 bridgehead atoms. The van der Waals surface area contributed by atoms with Crippen molar-refractivity contribution >= 4 is 40.7 Å². The largest absolute Gasteiger partial charge is 0.350 e. The summed E-state index contributed by atoms with van der Waals surface area (Å²) >= 11 is 6.23. The third-order valence-corrected chi connectivity index (χ3v) is 5.90. The molecule has 4 rings (SSSR count). The fourth-order valence-corrected chi connectivity index (χ4v) is 4.06. The van der Waals surface area contributed by atoms with Crippen LogP contribution in [0.5, 0.6) is 0 Å². The Morgan fingerprint density at radius 1 is 0.941 bits per heavy atom. The second-order valence-electron chi connectivity index (χ2n) is 7.97.